The highest BCUT2D eigenvalue weighted by Gasteiger charge is 2.22. The van der Waals surface area contributed by atoms with Crippen LogP contribution >= 0.6 is 0 Å². The molecule has 2 heterocycles. The van der Waals surface area contributed by atoms with Crippen molar-refractivity contribution >= 4 is 16.8 Å². The number of likely N-dealkylation sites (tertiary alicyclic amines) is 1. The first-order valence-electron chi connectivity index (χ1n) is 8.76. The lowest BCUT2D eigenvalue weighted by Crippen LogP contribution is -2.38. The molecule has 1 aromatic heterocycles. The van der Waals surface area contributed by atoms with Gasteiger partial charge in [-0.2, -0.15) is 0 Å². The lowest BCUT2D eigenvalue weighted by molar-refractivity contribution is 0.0746. The quantitative estimate of drug-likeness (QED) is 0.869. The molecular weight excluding hydrogens is 298 g/mol. The molecule has 4 nitrogen and oxygen atoms in total. The Balaban J connectivity index is 1.78. The third kappa shape index (κ3) is 3.59. The molecule has 1 aromatic carbocycles. The number of pyridine rings is 1. The normalized spacial score (nSPS) is 16.5. The fourth-order valence-electron chi connectivity index (χ4n) is 3.53. The van der Waals surface area contributed by atoms with Crippen molar-refractivity contribution in [2.45, 2.75) is 26.7 Å². The summed E-state index contributed by atoms with van der Waals surface area (Å²) in [5.41, 5.74) is 3.67. The monoisotopic (exact) mass is 325 g/mol. The van der Waals surface area contributed by atoms with Crippen LogP contribution in [0.15, 0.2) is 24.3 Å². The fourth-order valence-corrected chi connectivity index (χ4v) is 3.53. The number of nitrogens with zero attached hydrogens (tertiary/aromatic N) is 3. The van der Waals surface area contributed by atoms with Crippen molar-refractivity contribution in [2.75, 3.05) is 33.7 Å². The summed E-state index contributed by atoms with van der Waals surface area (Å²) in [6.07, 6.45) is 2.34. The highest BCUT2D eigenvalue weighted by molar-refractivity contribution is 5.98. The number of hydrogen-bond donors (Lipinski definition) is 0. The second kappa shape index (κ2) is 6.89. The zero-order valence-electron chi connectivity index (χ0n) is 15.2. The largest absolute Gasteiger partial charge is 0.341 e. The summed E-state index contributed by atoms with van der Waals surface area (Å²) in [5, 5.41) is 1.04. The van der Waals surface area contributed by atoms with Gasteiger partial charge >= 0.3 is 0 Å². The molecule has 3 rings (SSSR count). The maximum Gasteiger partial charge on any atom is 0.255 e. The van der Waals surface area contributed by atoms with Gasteiger partial charge in [-0.1, -0.05) is 11.6 Å². The molecule has 0 atom stereocenters. The minimum absolute atomic E-state index is 0.0855. The molecule has 0 N–H and O–H groups in total. The van der Waals surface area contributed by atoms with Gasteiger partial charge in [-0.15, -0.1) is 0 Å². The van der Waals surface area contributed by atoms with Gasteiger partial charge in [-0.3, -0.25) is 9.78 Å². The van der Waals surface area contributed by atoms with Crippen LogP contribution in [0.2, 0.25) is 0 Å². The average Bonchev–Trinajstić information content (AvgIpc) is 2.56. The van der Waals surface area contributed by atoms with E-state index in [1.165, 1.54) is 18.4 Å². The molecule has 0 spiro atoms. The van der Waals surface area contributed by atoms with E-state index in [2.05, 4.69) is 36.0 Å². The van der Waals surface area contributed by atoms with Crippen LogP contribution < -0.4 is 0 Å². The zero-order valence-corrected chi connectivity index (χ0v) is 15.2. The first kappa shape index (κ1) is 16.9. The molecule has 0 bridgehead atoms. The van der Waals surface area contributed by atoms with E-state index >= 15 is 0 Å². The number of carbonyl (C=O) groups is 1. The van der Waals surface area contributed by atoms with E-state index in [0.717, 1.165) is 41.8 Å². The van der Waals surface area contributed by atoms with Crippen LogP contribution in [0.25, 0.3) is 10.9 Å². The van der Waals surface area contributed by atoms with Gasteiger partial charge in [-0.25, -0.2) is 0 Å². The predicted octanol–water partition coefficient (Wildman–Crippen LogP) is 3.27. The minimum atomic E-state index is 0.0855. The van der Waals surface area contributed by atoms with Crippen molar-refractivity contribution in [1.82, 2.24) is 14.8 Å². The number of carbonyl (C=O) groups excluding carboxylic acids is 1. The lowest BCUT2D eigenvalue weighted by Gasteiger charge is -2.31. The molecule has 1 aliphatic rings. The SMILES string of the molecule is Cc1ccc2nc(C)c(C(=O)N(C)CC3CCN(C)CC3)cc2c1. The van der Waals surface area contributed by atoms with Crippen molar-refractivity contribution in [3.8, 4) is 0 Å². The van der Waals surface area contributed by atoms with Crippen molar-refractivity contribution in [2.24, 2.45) is 5.92 Å². The first-order valence-corrected chi connectivity index (χ1v) is 8.76. The van der Waals surface area contributed by atoms with Crippen LogP contribution in [0.3, 0.4) is 0 Å². The number of amides is 1. The maximum absolute atomic E-state index is 12.9. The molecule has 1 fully saturated rings. The number of fused-ring (bicyclic) bond motifs is 1. The Kier molecular flexibility index (Phi) is 4.86. The third-order valence-corrected chi connectivity index (χ3v) is 5.11. The van der Waals surface area contributed by atoms with E-state index in [9.17, 15) is 4.79 Å². The molecule has 2 aromatic rings. The molecule has 0 unspecified atom stereocenters. The Labute approximate surface area is 144 Å². The van der Waals surface area contributed by atoms with Gasteiger partial charge in [0.2, 0.25) is 0 Å². The third-order valence-electron chi connectivity index (χ3n) is 5.11. The van der Waals surface area contributed by atoms with Crippen LogP contribution in [-0.4, -0.2) is 54.4 Å². The van der Waals surface area contributed by atoms with Gasteiger partial charge in [0.25, 0.3) is 5.91 Å². The summed E-state index contributed by atoms with van der Waals surface area (Å²) in [7, 11) is 4.08. The van der Waals surface area contributed by atoms with Gasteiger partial charge in [0.1, 0.15) is 0 Å². The van der Waals surface area contributed by atoms with Gasteiger partial charge in [-0.05, 0) is 70.9 Å². The van der Waals surface area contributed by atoms with Gasteiger partial charge in [0, 0.05) is 19.0 Å². The summed E-state index contributed by atoms with van der Waals surface area (Å²) < 4.78 is 0. The van der Waals surface area contributed by atoms with Crippen molar-refractivity contribution in [3.05, 3.63) is 41.1 Å². The Morgan fingerprint density at radius 2 is 1.96 bits per heavy atom. The molecule has 128 valence electrons. The Morgan fingerprint density at radius 3 is 2.67 bits per heavy atom. The number of hydrogen-bond acceptors (Lipinski definition) is 3. The van der Waals surface area contributed by atoms with E-state index < -0.39 is 0 Å². The van der Waals surface area contributed by atoms with E-state index in [4.69, 9.17) is 0 Å². The summed E-state index contributed by atoms with van der Waals surface area (Å²) in [4.78, 5) is 21.8. The van der Waals surface area contributed by atoms with E-state index in [0.29, 0.717) is 5.92 Å². The molecule has 1 saturated heterocycles. The number of aryl methyl sites for hydroxylation is 2. The number of rotatable bonds is 3. The van der Waals surface area contributed by atoms with Gasteiger partial charge in [0.05, 0.1) is 16.8 Å². The average molecular weight is 325 g/mol. The topological polar surface area (TPSA) is 36.4 Å². The molecule has 1 amide bonds. The highest BCUT2D eigenvalue weighted by Crippen LogP contribution is 2.21. The van der Waals surface area contributed by atoms with E-state index in [1.54, 1.807) is 0 Å². The molecule has 0 saturated carbocycles. The number of aromatic nitrogens is 1. The van der Waals surface area contributed by atoms with Gasteiger partial charge in [0.15, 0.2) is 0 Å². The molecule has 4 heteroatoms. The lowest BCUT2D eigenvalue weighted by atomic mass is 9.96. The smallest absolute Gasteiger partial charge is 0.255 e. The molecule has 24 heavy (non-hydrogen) atoms. The Bertz CT molecular complexity index is 748. The van der Waals surface area contributed by atoms with Crippen LogP contribution in [0.5, 0.6) is 0 Å². The van der Waals surface area contributed by atoms with E-state index in [1.807, 2.05) is 31.0 Å². The summed E-state index contributed by atoms with van der Waals surface area (Å²) in [6, 6.07) is 8.17. The maximum atomic E-state index is 12.9. The minimum Gasteiger partial charge on any atom is -0.341 e. The van der Waals surface area contributed by atoms with Crippen molar-refractivity contribution in [1.29, 1.82) is 0 Å². The standard InChI is InChI=1S/C20H27N3O/c1-14-5-6-19-17(11-14)12-18(15(2)21-19)20(24)23(4)13-16-7-9-22(3)10-8-16/h5-6,11-12,16H,7-10,13H2,1-4H3. The van der Waals surface area contributed by atoms with Crippen LogP contribution in [0.4, 0.5) is 0 Å². The van der Waals surface area contributed by atoms with Crippen molar-refractivity contribution in [3.63, 3.8) is 0 Å². The Hall–Kier alpha value is -1.94. The van der Waals surface area contributed by atoms with Crippen LogP contribution in [0.1, 0.15) is 34.5 Å². The van der Waals surface area contributed by atoms with Crippen molar-refractivity contribution < 1.29 is 4.79 Å². The molecule has 0 radical (unpaired) electrons. The number of piperidine rings is 1. The molecule has 0 aliphatic carbocycles. The zero-order chi connectivity index (χ0) is 17.3. The first-order chi connectivity index (χ1) is 11.4. The highest BCUT2D eigenvalue weighted by atomic mass is 16.2. The van der Waals surface area contributed by atoms with E-state index in [-0.39, 0.29) is 5.91 Å². The second-order valence-electron chi connectivity index (χ2n) is 7.25. The van der Waals surface area contributed by atoms with Gasteiger partial charge < -0.3 is 9.80 Å². The fraction of sp³-hybridized carbons (Fsp3) is 0.500. The summed E-state index contributed by atoms with van der Waals surface area (Å²) in [5.74, 6) is 0.688. The van der Waals surface area contributed by atoms with Crippen LogP contribution in [0, 0.1) is 19.8 Å². The summed E-state index contributed by atoms with van der Waals surface area (Å²) >= 11 is 0. The number of benzene rings is 1. The molecule has 1 aliphatic heterocycles. The Morgan fingerprint density at radius 1 is 1.25 bits per heavy atom. The van der Waals surface area contributed by atoms with Crippen LogP contribution in [-0.2, 0) is 0 Å². The summed E-state index contributed by atoms with van der Waals surface area (Å²) in [6.45, 7) is 7.08. The predicted molar refractivity (Wildman–Crippen MR) is 98.4 cm³/mol. The molecular formula is C20H27N3O. The second-order valence-corrected chi connectivity index (χ2v) is 7.25.